The fourth-order valence-electron chi connectivity index (χ4n) is 4.50. The topological polar surface area (TPSA) is 86.8 Å². The molecule has 1 fully saturated rings. The summed E-state index contributed by atoms with van der Waals surface area (Å²) in [6.45, 7) is 4.19. The van der Waals surface area contributed by atoms with Crippen molar-refractivity contribution in [3.8, 4) is 0 Å². The summed E-state index contributed by atoms with van der Waals surface area (Å²) >= 11 is 6.06. The summed E-state index contributed by atoms with van der Waals surface area (Å²) in [6, 6.07) is 14.0. The third-order valence-electron chi connectivity index (χ3n) is 6.59. The zero-order valence-corrected chi connectivity index (χ0v) is 22.8. The number of sulfonamides is 1. The van der Waals surface area contributed by atoms with Crippen LogP contribution in [0.2, 0.25) is 5.02 Å². The number of benzene rings is 2. The standard InChI is InChI=1S/C27H36ClN3O4S/c1-20-13-15-22(16-14-20)19-30(21(2)27(33)29-24-9-4-5-10-24)26(32)12-7-17-31(36(3,34)35)25-11-6-8-23(28)18-25/h6,8,11,13-16,18,21,24H,4-5,7,9-10,12,17,19H2,1-3H3,(H,29,33)/t21-/m1/s1. The van der Waals surface area contributed by atoms with E-state index in [0.717, 1.165) is 43.1 Å². The second-order valence-corrected chi connectivity index (χ2v) is 11.9. The number of hydrogen-bond acceptors (Lipinski definition) is 4. The summed E-state index contributed by atoms with van der Waals surface area (Å²) in [5, 5.41) is 3.53. The zero-order valence-electron chi connectivity index (χ0n) is 21.2. The van der Waals surface area contributed by atoms with Gasteiger partial charge in [-0.25, -0.2) is 8.42 Å². The van der Waals surface area contributed by atoms with Gasteiger partial charge in [0, 0.05) is 30.6 Å². The highest BCUT2D eigenvalue weighted by molar-refractivity contribution is 7.92. The molecule has 7 nitrogen and oxygen atoms in total. The van der Waals surface area contributed by atoms with E-state index in [4.69, 9.17) is 11.6 Å². The molecule has 0 spiro atoms. The summed E-state index contributed by atoms with van der Waals surface area (Å²) in [4.78, 5) is 28.0. The van der Waals surface area contributed by atoms with Crippen LogP contribution < -0.4 is 9.62 Å². The average Bonchev–Trinajstić information content (AvgIpc) is 3.33. The number of rotatable bonds is 11. The Morgan fingerprint density at radius 1 is 1.11 bits per heavy atom. The van der Waals surface area contributed by atoms with E-state index >= 15 is 0 Å². The summed E-state index contributed by atoms with van der Waals surface area (Å²) in [5.74, 6) is -0.344. The lowest BCUT2D eigenvalue weighted by molar-refractivity contribution is -0.141. The average molecular weight is 534 g/mol. The largest absolute Gasteiger partial charge is 0.352 e. The van der Waals surface area contributed by atoms with Crippen LogP contribution in [0.15, 0.2) is 48.5 Å². The van der Waals surface area contributed by atoms with Crippen molar-refractivity contribution in [2.24, 2.45) is 0 Å². The highest BCUT2D eigenvalue weighted by Crippen LogP contribution is 2.23. The van der Waals surface area contributed by atoms with E-state index in [0.29, 0.717) is 23.7 Å². The molecule has 0 unspecified atom stereocenters. The maximum Gasteiger partial charge on any atom is 0.242 e. The van der Waals surface area contributed by atoms with Gasteiger partial charge >= 0.3 is 0 Å². The van der Waals surface area contributed by atoms with Crippen LogP contribution in [-0.2, 0) is 26.2 Å². The highest BCUT2D eigenvalue weighted by Gasteiger charge is 2.28. The molecule has 1 saturated carbocycles. The van der Waals surface area contributed by atoms with E-state index in [-0.39, 0.29) is 30.8 Å². The van der Waals surface area contributed by atoms with Gasteiger partial charge in [-0.1, -0.05) is 60.3 Å². The van der Waals surface area contributed by atoms with Crippen molar-refractivity contribution >= 4 is 39.1 Å². The van der Waals surface area contributed by atoms with Gasteiger partial charge in [-0.2, -0.15) is 0 Å². The Kier molecular flexibility index (Phi) is 9.79. The third-order valence-corrected chi connectivity index (χ3v) is 8.02. The van der Waals surface area contributed by atoms with Crippen molar-refractivity contribution in [3.63, 3.8) is 0 Å². The summed E-state index contributed by atoms with van der Waals surface area (Å²) < 4.78 is 26.1. The number of carbonyl (C=O) groups excluding carboxylic acids is 2. The minimum Gasteiger partial charge on any atom is -0.352 e. The quantitative estimate of drug-likeness (QED) is 0.454. The number of halogens is 1. The lowest BCUT2D eigenvalue weighted by atomic mass is 10.1. The van der Waals surface area contributed by atoms with Crippen LogP contribution in [-0.4, -0.2) is 50.0 Å². The second kappa shape index (κ2) is 12.6. The van der Waals surface area contributed by atoms with Gasteiger partial charge in [0.25, 0.3) is 0 Å². The fraction of sp³-hybridized carbons (Fsp3) is 0.481. The first-order valence-electron chi connectivity index (χ1n) is 12.4. The molecule has 2 aromatic rings. The summed E-state index contributed by atoms with van der Waals surface area (Å²) in [7, 11) is -3.56. The predicted octanol–water partition coefficient (Wildman–Crippen LogP) is 4.67. The maximum absolute atomic E-state index is 13.4. The Bertz CT molecular complexity index is 1150. The first-order chi connectivity index (χ1) is 17.0. The van der Waals surface area contributed by atoms with Crippen molar-refractivity contribution in [2.75, 3.05) is 17.1 Å². The predicted molar refractivity (Wildman–Crippen MR) is 144 cm³/mol. The van der Waals surface area contributed by atoms with E-state index in [9.17, 15) is 18.0 Å². The molecule has 0 bridgehead atoms. The number of carbonyl (C=O) groups is 2. The molecule has 1 N–H and O–H groups in total. The number of nitrogens with one attached hydrogen (secondary N) is 1. The van der Waals surface area contributed by atoms with Gasteiger partial charge in [0.1, 0.15) is 6.04 Å². The molecule has 2 aromatic carbocycles. The Labute approximate surface area is 219 Å². The Morgan fingerprint density at radius 2 is 1.78 bits per heavy atom. The van der Waals surface area contributed by atoms with E-state index in [2.05, 4.69) is 5.32 Å². The van der Waals surface area contributed by atoms with E-state index < -0.39 is 16.1 Å². The smallest absolute Gasteiger partial charge is 0.242 e. The fourth-order valence-corrected chi connectivity index (χ4v) is 5.64. The number of amides is 2. The van der Waals surface area contributed by atoms with Crippen molar-refractivity contribution in [2.45, 2.75) is 71.0 Å². The third kappa shape index (κ3) is 7.96. The molecule has 1 aliphatic carbocycles. The van der Waals surface area contributed by atoms with Crippen molar-refractivity contribution in [3.05, 3.63) is 64.7 Å². The molecule has 3 rings (SSSR count). The minimum absolute atomic E-state index is 0.111. The number of aryl methyl sites for hydroxylation is 1. The van der Waals surface area contributed by atoms with Gasteiger partial charge < -0.3 is 10.2 Å². The highest BCUT2D eigenvalue weighted by atomic mass is 35.5. The number of hydrogen-bond donors (Lipinski definition) is 1. The zero-order chi connectivity index (χ0) is 26.3. The lowest BCUT2D eigenvalue weighted by Gasteiger charge is -2.30. The van der Waals surface area contributed by atoms with E-state index in [1.165, 1.54) is 4.31 Å². The lowest BCUT2D eigenvalue weighted by Crippen LogP contribution is -2.49. The van der Waals surface area contributed by atoms with Crippen LogP contribution >= 0.6 is 11.6 Å². The van der Waals surface area contributed by atoms with Crippen LogP contribution in [0.5, 0.6) is 0 Å². The Morgan fingerprint density at radius 3 is 2.39 bits per heavy atom. The van der Waals surface area contributed by atoms with Gasteiger partial charge in [-0.3, -0.25) is 13.9 Å². The SMILES string of the molecule is Cc1ccc(CN(C(=O)CCCN(c2cccc(Cl)c2)S(C)(=O)=O)[C@H](C)C(=O)NC2CCCC2)cc1. The van der Waals surface area contributed by atoms with Crippen molar-refractivity contribution < 1.29 is 18.0 Å². The van der Waals surface area contributed by atoms with Gasteiger partial charge in [-0.05, 0) is 56.9 Å². The molecule has 0 saturated heterocycles. The molecule has 2 amide bonds. The van der Waals surface area contributed by atoms with Gasteiger partial charge in [0.05, 0.1) is 11.9 Å². The molecule has 0 heterocycles. The Hall–Kier alpha value is -2.58. The number of nitrogens with zero attached hydrogens (tertiary/aromatic N) is 2. The van der Waals surface area contributed by atoms with Gasteiger partial charge in [-0.15, -0.1) is 0 Å². The molecular weight excluding hydrogens is 498 g/mol. The van der Waals surface area contributed by atoms with E-state index in [1.807, 2.05) is 31.2 Å². The molecule has 9 heteroatoms. The summed E-state index contributed by atoms with van der Waals surface area (Å²) in [5.41, 5.74) is 2.51. The molecule has 0 aromatic heterocycles. The van der Waals surface area contributed by atoms with Gasteiger partial charge in [0.2, 0.25) is 21.8 Å². The van der Waals surface area contributed by atoms with Crippen LogP contribution in [0, 0.1) is 6.92 Å². The van der Waals surface area contributed by atoms with Crippen LogP contribution in [0.1, 0.15) is 56.6 Å². The normalized spacial score (nSPS) is 14.9. The maximum atomic E-state index is 13.4. The molecule has 1 aliphatic rings. The van der Waals surface area contributed by atoms with Crippen LogP contribution in [0.25, 0.3) is 0 Å². The van der Waals surface area contributed by atoms with Crippen LogP contribution in [0.3, 0.4) is 0 Å². The minimum atomic E-state index is -3.56. The van der Waals surface area contributed by atoms with Gasteiger partial charge in [0.15, 0.2) is 0 Å². The van der Waals surface area contributed by atoms with Crippen molar-refractivity contribution in [1.82, 2.24) is 10.2 Å². The molecule has 196 valence electrons. The second-order valence-electron chi connectivity index (χ2n) is 9.59. The molecular formula is C27H36ClN3O4S. The number of anilines is 1. The summed E-state index contributed by atoms with van der Waals surface area (Å²) in [6.07, 6.45) is 5.70. The van der Waals surface area contributed by atoms with Crippen LogP contribution in [0.4, 0.5) is 5.69 Å². The Balaban J connectivity index is 1.71. The van der Waals surface area contributed by atoms with Crippen molar-refractivity contribution in [1.29, 1.82) is 0 Å². The molecule has 0 radical (unpaired) electrons. The monoisotopic (exact) mass is 533 g/mol. The molecule has 0 aliphatic heterocycles. The first-order valence-corrected chi connectivity index (χ1v) is 14.7. The first kappa shape index (κ1) is 28.0. The molecule has 1 atom stereocenters. The molecule has 36 heavy (non-hydrogen) atoms. The van der Waals surface area contributed by atoms with E-state index in [1.54, 1.807) is 36.1 Å².